The van der Waals surface area contributed by atoms with Crippen LogP contribution < -0.4 is 11.1 Å². The molecule has 1 aliphatic carbocycles. The van der Waals surface area contributed by atoms with Gasteiger partial charge in [-0.2, -0.15) is 0 Å². The van der Waals surface area contributed by atoms with Gasteiger partial charge in [0.15, 0.2) is 5.82 Å². The topological polar surface area (TPSA) is 107 Å². The lowest BCUT2D eigenvalue weighted by molar-refractivity contribution is -0.117. The molecule has 3 aromatic rings. The van der Waals surface area contributed by atoms with Crippen LogP contribution in [0.25, 0.3) is 22.6 Å². The van der Waals surface area contributed by atoms with Crippen molar-refractivity contribution in [2.45, 2.75) is 19.8 Å². The van der Waals surface area contributed by atoms with Gasteiger partial charge in [-0.1, -0.05) is 0 Å². The highest BCUT2D eigenvalue weighted by Crippen LogP contribution is 2.30. The summed E-state index contributed by atoms with van der Waals surface area (Å²) in [5, 5.41) is 2.84. The molecule has 3 N–H and O–H groups in total. The summed E-state index contributed by atoms with van der Waals surface area (Å²) in [5.74, 6) is 1.20. The number of hydrogen-bond donors (Lipinski definition) is 2. The number of nitrogens with one attached hydrogen (secondary N) is 1. The Morgan fingerprint density at radius 1 is 1.15 bits per heavy atom. The zero-order valence-corrected chi connectivity index (χ0v) is 14.3. The average Bonchev–Trinajstić information content (AvgIpc) is 3.49. The van der Waals surface area contributed by atoms with Gasteiger partial charge in [0, 0.05) is 35.1 Å². The van der Waals surface area contributed by atoms with E-state index in [0.717, 1.165) is 35.4 Å². The maximum atomic E-state index is 11.9. The number of nitrogens with two attached hydrogens (primary N) is 1. The number of anilines is 2. The second kappa shape index (κ2) is 6.51. The minimum atomic E-state index is 0.0192. The Bertz CT molecular complexity index is 983. The molecule has 0 spiro atoms. The van der Waals surface area contributed by atoms with Crippen molar-refractivity contribution in [1.29, 1.82) is 0 Å². The van der Waals surface area contributed by atoms with Crippen LogP contribution in [0, 0.1) is 12.8 Å². The van der Waals surface area contributed by atoms with E-state index in [1.54, 1.807) is 24.7 Å². The molecule has 1 saturated carbocycles. The molecule has 0 bridgehead atoms. The minimum absolute atomic E-state index is 0.0192. The Morgan fingerprint density at radius 3 is 2.77 bits per heavy atom. The van der Waals surface area contributed by atoms with E-state index in [4.69, 9.17) is 5.73 Å². The first-order valence-electron chi connectivity index (χ1n) is 8.43. The predicted molar refractivity (Wildman–Crippen MR) is 99.0 cm³/mol. The number of nitrogens with zero attached hydrogens (tertiary/aromatic N) is 4. The normalized spacial score (nSPS) is 13.4. The quantitative estimate of drug-likeness (QED) is 0.752. The Labute approximate surface area is 150 Å². The zero-order chi connectivity index (χ0) is 18.1. The van der Waals surface area contributed by atoms with E-state index < -0.39 is 0 Å². The molecule has 7 nitrogen and oxygen atoms in total. The molecule has 0 unspecified atom stereocenters. The Kier molecular flexibility index (Phi) is 4.04. The van der Waals surface area contributed by atoms with E-state index in [1.807, 2.05) is 25.1 Å². The summed E-state index contributed by atoms with van der Waals surface area (Å²) >= 11 is 0. The molecule has 0 aromatic carbocycles. The van der Waals surface area contributed by atoms with Gasteiger partial charge in [0.1, 0.15) is 5.82 Å². The molecule has 7 heteroatoms. The summed E-state index contributed by atoms with van der Waals surface area (Å²) in [6.45, 7) is 1.91. The van der Waals surface area contributed by atoms with E-state index in [0.29, 0.717) is 17.3 Å². The van der Waals surface area contributed by atoms with Gasteiger partial charge in [0.2, 0.25) is 5.91 Å². The molecular weight excluding hydrogens is 328 g/mol. The number of aromatic nitrogens is 4. The van der Waals surface area contributed by atoms with Gasteiger partial charge in [-0.15, -0.1) is 0 Å². The van der Waals surface area contributed by atoms with Crippen LogP contribution >= 0.6 is 0 Å². The van der Waals surface area contributed by atoms with Crippen LogP contribution in [-0.4, -0.2) is 25.8 Å². The molecular formula is C19H18N6O. The molecule has 0 aliphatic heterocycles. The van der Waals surface area contributed by atoms with E-state index in [2.05, 4.69) is 25.3 Å². The SMILES string of the molecule is Cc1ncc(N)cc1-c1ccnc(-c2ccnc(NC(=O)C3CC3)c2)n1. The van der Waals surface area contributed by atoms with Crippen molar-refractivity contribution < 1.29 is 4.79 Å². The first kappa shape index (κ1) is 16.1. The smallest absolute Gasteiger partial charge is 0.228 e. The van der Waals surface area contributed by atoms with Crippen LogP contribution in [0.5, 0.6) is 0 Å². The van der Waals surface area contributed by atoms with Gasteiger partial charge >= 0.3 is 0 Å². The third-order valence-corrected chi connectivity index (χ3v) is 4.26. The highest BCUT2D eigenvalue weighted by molar-refractivity contribution is 5.93. The molecule has 1 amide bonds. The number of carbonyl (C=O) groups is 1. The number of hydrogen-bond acceptors (Lipinski definition) is 6. The lowest BCUT2D eigenvalue weighted by Crippen LogP contribution is -2.14. The largest absolute Gasteiger partial charge is 0.397 e. The number of amides is 1. The lowest BCUT2D eigenvalue weighted by Gasteiger charge is -2.08. The highest BCUT2D eigenvalue weighted by Gasteiger charge is 2.29. The van der Waals surface area contributed by atoms with Gasteiger partial charge in [-0.3, -0.25) is 9.78 Å². The highest BCUT2D eigenvalue weighted by atomic mass is 16.2. The first-order valence-corrected chi connectivity index (χ1v) is 8.43. The molecule has 130 valence electrons. The zero-order valence-electron chi connectivity index (χ0n) is 14.3. The minimum Gasteiger partial charge on any atom is -0.397 e. The average molecular weight is 346 g/mol. The second-order valence-corrected chi connectivity index (χ2v) is 6.36. The maximum absolute atomic E-state index is 11.9. The van der Waals surface area contributed by atoms with Crippen LogP contribution in [0.1, 0.15) is 18.5 Å². The Morgan fingerprint density at radius 2 is 1.96 bits per heavy atom. The third-order valence-electron chi connectivity index (χ3n) is 4.26. The van der Waals surface area contributed by atoms with Gasteiger partial charge in [0.05, 0.1) is 17.6 Å². The van der Waals surface area contributed by atoms with E-state index in [1.165, 1.54) is 0 Å². The number of pyridine rings is 2. The van der Waals surface area contributed by atoms with Gasteiger partial charge in [-0.05, 0) is 44.0 Å². The molecule has 0 saturated heterocycles. The summed E-state index contributed by atoms with van der Waals surface area (Å²) in [5.41, 5.74) is 9.67. The van der Waals surface area contributed by atoms with E-state index in [-0.39, 0.29) is 11.8 Å². The second-order valence-electron chi connectivity index (χ2n) is 6.36. The molecule has 4 rings (SSSR count). The maximum Gasteiger partial charge on any atom is 0.228 e. The summed E-state index contributed by atoms with van der Waals surface area (Å²) < 4.78 is 0. The van der Waals surface area contributed by atoms with Crippen LogP contribution in [0.3, 0.4) is 0 Å². The van der Waals surface area contributed by atoms with Crippen LogP contribution in [0.2, 0.25) is 0 Å². The standard InChI is InChI=1S/C19H18N6O/c1-11-15(9-14(20)10-23-11)16-5-7-22-18(24-16)13-4-6-21-17(8-13)25-19(26)12-2-3-12/h4-10,12H,2-3,20H2,1H3,(H,21,25,26). The van der Waals surface area contributed by atoms with Crippen molar-refractivity contribution in [1.82, 2.24) is 19.9 Å². The van der Waals surface area contributed by atoms with E-state index in [9.17, 15) is 4.79 Å². The number of nitrogen functional groups attached to an aromatic ring is 1. The van der Waals surface area contributed by atoms with E-state index >= 15 is 0 Å². The first-order chi connectivity index (χ1) is 12.6. The van der Waals surface area contributed by atoms with Gasteiger partial charge < -0.3 is 11.1 Å². The molecule has 0 radical (unpaired) electrons. The van der Waals surface area contributed by atoms with Crippen molar-refractivity contribution in [2.75, 3.05) is 11.1 Å². The Hall–Kier alpha value is -3.35. The van der Waals surface area contributed by atoms with Gasteiger partial charge in [-0.25, -0.2) is 15.0 Å². The fraction of sp³-hybridized carbons (Fsp3) is 0.211. The lowest BCUT2D eigenvalue weighted by atomic mass is 10.1. The van der Waals surface area contributed by atoms with Crippen molar-refractivity contribution >= 4 is 17.4 Å². The molecule has 3 aromatic heterocycles. The predicted octanol–water partition coefficient (Wildman–Crippen LogP) is 2.84. The summed E-state index contributed by atoms with van der Waals surface area (Å²) in [4.78, 5) is 29.4. The van der Waals surface area contributed by atoms with Gasteiger partial charge in [0.25, 0.3) is 0 Å². The summed E-state index contributed by atoms with van der Waals surface area (Å²) in [6.07, 6.45) is 6.86. The molecule has 3 heterocycles. The number of aryl methyl sites for hydroxylation is 1. The summed E-state index contributed by atoms with van der Waals surface area (Å²) in [6, 6.07) is 7.27. The fourth-order valence-corrected chi connectivity index (χ4v) is 2.67. The number of rotatable bonds is 4. The molecule has 0 atom stereocenters. The Balaban J connectivity index is 1.66. The fourth-order valence-electron chi connectivity index (χ4n) is 2.67. The molecule has 1 fully saturated rings. The number of carbonyl (C=O) groups excluding carboxylic acids is 1. The summed E-state index contributed by atoms with van der Waals surface area (Å²) in [7, 11) is 0. The van der Waals surface area contributed by atoms with Crippen LogP contribution in [-0.2, 0) is 4.79 Å². The van der Waals surface area contributed by atoms with Crippen LogP contribution in [0.4, 0.5) is 11.5 Å². The third kappa shape index (κ3) is 3.37. The van der Waals surface area contributed by atoms with Crippen molar-refractivity contribution in [3.8, 4) is 22.6 Å². The van der Waals surface area contributed by atoms with Crippen LogP contribution in [0.15, 0.2) is 42.9 Å². The molecule has 26 heavy (non-hydrogen) atoms. The monoisotopic (exact) mass is 346 g/mol. The van der Waals surface area contributed by atoms with Crippen molar-refractivity contribution in [2.24, 2.45) is 5.92 Å². The molecule has 1 aliphatic rings. The van der Waals surface area contributed by atoms with Crippen molar-refractivity contribution in [3.05, 3.63) is 48.5 Å². The van der Waals surface area contributed by atoms with Crippen molar-refractivity contribution in [3.63, 3.8) is 0 Å².